The van der Waals surface area contributed by atoms with Crippen LogP contribution in [0.1, 0.15) is 12.6 Å². The van der Waals surface area contributed by atoms with Gasteiger partial charge in [-0.2, -0.15) is 0 Å². The molecule has 0 spiro atoms. The number of aromatic nitrogens is 1. The Bertz CT molecular complexity index is 309. The van der Waals surface area contributed by atoms with Crippen LogP contribution in [0.4, 0.5) is 0 Å². The molecule has 0 radical (unpaired) electrons. The molecule has 68 valence electrons. The van der Waals surface area contributed by atoms with Crippen molar-refractivity contribution in [1.82, 2.24) is 4.98 Å². The van der Waals surface area contributed by atoms with E-state index in [0.29, 0.717) is 5.69 Å². The molecular formula is C9H10N2O2. The van der Waals surface area contributed by atoms with Crippen molar-refractivity contribution in [3.05, 3.63) is 30.1 Å². The van der Waals surface area contributed by atoms with E-state index in [2.05, 4.69) is 9.98 Å². The van der Waals surface area contributed by atoms with Crippen LogP contribution in [0.3, 0.4) is 0 Å². The number of hydrogen-bond donors (Lipinski definition) is 1. The zero-order valence-corrected chi connectivity index (χ0v) is 7.21. The minimum Gasteiger partial charge on any atom is -0.480 e. The topological polar surface area (TPSA) is 62.5 Å². The van der Waals surface area contributed by atoms with Gasteiger partial charge in [0.25, 0.3) is 0 Å². The number of aliphatic imine (C=N–C) groups is 1. The molecule has 1 aromatic rings. The summed E-state index contributed by atoms with van der Waals surface area (Å²) in [6.45, 7) is 1.52. The van der Waals surface area contributed by atoms with E-state index in [1.54, 1.807) is 18.3 Å². The molecule has 0 aliphatic carbocycles. The van der Waals surface area contributed by atoms with Gasteiger partial charge < -0.3 is 5.11 Å². The van der Waals surface area contributed by atoms with Crippen molar-refractivity contribution in [3.63, 3.8) is 0 Å². The van der Waals surface area contributed by atoms with Crippen molar-refractivity contribution >= 4 is 12.2 Å². The largest absolute Gasteiger partial charge is 0.480 e. The molecule has 0 aromatic carbocycles. The number of hydrogen-bond acceptors (Lipinski definition) is 3. The molecule has 1 aromatic heterocycles. The van der Waals surface area contributed by atoms with Gasteiger partial charge in [0.2, 0.25) is 0 Å². The molecule has 1 heterocycles. The van der Waals surface area contributed by atoms with Gasteiger partial charge in [-0.05, 0) is 19.1 Å². The molecule has 0 saturated carbocycles. The molecular weight excluding hydrogens is 168 g/mol. The first-order chi connectivity index (χ1) is 6.20. The van der Waals surface area contributed by atoms with Gasteiger partial charge >= 0.3 is 5.97 Å². The average Bonchev–Trinajstić information content (AvgIpc) is 2.15. The summed E-state index contributed by atoms with van der Waals surface area (Å²) in [4.78, 5) is 18.2. The second-order valence-electron chi connectivity index (χ2n) is 2.55. The molecule has 4 heteroatoms. The summed E-state index contributed by atoms with van der Waals surface area (Å²) in [6.07, 6.45) is 3.09. The zero-order valence-electron chi connectivity index (χ0n) is 7.21. The third-order valence-corrected chi connectivity index (χ3v) is 1.48. The first-order valence-electron chi connectivity index (χ1n) is 3.87. The summed E-state index contributed by atoms with van der Waals surface area (Å²) in [7, 11) is 0. The predicted molar refractivity (Wildman–Crippen MR) is 48.9 cm³/mol. The Balaban J connectivity index is 2.64. The summed E-state index contributed by atoms with van der Waals surface area (Å²) in [5, 5.41) is 8.53. The molecule has 0 fully saturated rings. The lowest BCUT2D eigenvalue weighted by atomic mass is 10.3. The van der Waals surface area contributed by atoms with Crippen LogP contribution in [0.25, 0.3) is 0 Å². The molecule has 0 saturated heterocycles. The van der Waals surface area contributed by atoms with Crippen molar-refractivity contribution in [2.24, 2.45) is 4.99 Å². The second kappa shape index (κ2) is 4.35. The minimum atomic E-state index is -0.938. The fourth-order valence-electron chi connectivity index (χ4n) is 0.704. The van der Waals surface area contributed by atoms with Crippen molar-refractivity contribution in [1.29, 1.82) is 0 Å². The van der Waals surface area contributed by atoms with Crippen LogP contribution in [0.2, 0.25) is 0 Å². The van der Waals surface area contributed by atoms with E-state index in [9.17, 15) is 4.79 Å². The first kappa shape index (κ1) is 9.38. The van der Waals surface area contributed by atoms with Gasteiger partial charge in [0.05, 0.1) is 5.69 Å². The standard InChI is InChI=1S/C9H10N2O2/c1-7(9(12)13)11-6-8-4-2-3-5-10-8/h2-7H,1H3,(H,12,13)/t7-/m0/s1. The molecule has 13 heavy (non-hydrogen) atoms. The normalized spacial score (nSPS) is 13.0. The second-order valence-corrected chi connectivity index (χ2v) is 2.55. The monoisotopic (exact) mass is 178 g/mol. The van der Waals surface area contributed by atoms with Crippen molar-refractivity contribution in [3.8, 4) is 0 Å². The summed E-state index contributed by atoms with van der Waals surface area (Å²) < 4.78 is 0. The SMILES string of the molecule is C[C@H](N=Cc1ccccn1)C(=O)O. The Hall–Kier alpha value is -1.71. The Kier molecular flexibility index (Phi) is 3.14. The van der Waals surface area contributed by atoms with E-state index in [0.717, 1.165) is 0 Å². The Labute approximate surface area is 76.0 Å². The fraction of sp³-hybridized carbons (Fsp3) is 0.222. The van der Waals surface area contributed by atoms with E-state index < -0.39 is 12.0 Å². The Morgan fingerprint density at radius 2 is 2.46 bits per heavy atom. The first-order valence-corrected chi connectivity index (χ1v) is 3.87. The molecule has 1 atom stereocenters. The van der Waals surface area contributed by atoms with Crippen molar-refractivity contribution < 1.29 is 9.90 Å². The van der Waals surface area contributed by atoms with E-state index in [4.69, 9.17) is 5.11 Å². The number of rotatable bonds is 3. The molecule has 0 unspecified atom stereocenters. The molecule has 4 nitrogen and oxygen atoms in total. The number of pyridine rings is 1. The van der Waals surface area contributed by atoms with Gasteiger partial charge in [-0.1, -0.05) is 6.07 Å². The highest BCUT2D eigenvalue weighted by molar-refractivity contribution is 5.81. The lowest BCUT2D eigenvalue weighted by Gasteiger charge is -1.96. The molecule has 0 amide bonds. The van der Waals surface area contributed by atoms with Crippen LogP contribution >= 0.6 is 0 Å². The predicted octanol–water partition coefficient (Wildman–Crippen LogP) is 0.974. The van der Waals surface area contributed by atoms with Crippen molar-refractivity contribution in [2.45, 2.75) is 13.0 Å². The van der Waals surface area contributed by atoms with Crippen LogP contribution in [-0.4, -0.2) is 28.3 Å². The number of carbonyl (C=O) groups is 1. The lowest BCUT2D eigenvalue weighted by molar-refractivity contribution is -0.137. The molecule has 0 aliphatic rings. The summed E-state index contributed by atoms with van der Waals surface area (Å²) in [5.41, 5.74) is 0.663. The van der Waals surface area contributed by atoms with Crippen molar-refractivity contribution in [2.75, 3.05) is 0 Å². The van der Waals surface area contributed by atoms with Crippen LogP contribution in [-0.2, 0) is 4.79 Å². The summed E-state index contributed by atoms with van der Waals surface area (Å²) >= 11 is 0. The Morgan fingerprint density at radius 1 is 1.69 bits per heavy atom. The van der Waals surface area contributed by atoms with Crippen LogP contribution in [0, 0.1) is 0 Å². The number of carboxylic acid groups (broad SMARTS) is 1. The smallest absolute Gasteiger partial charge is 0.328 e. The maximum absolute atomic E-state index is 10.4. The number of nitrogens with zero attached hydrogens (tertiary/aromatic N) is 2. The molecule has 1 N–H and O–H groups in total. The fourth-order valence-corrected chi connectivity index (χ4v) is 0.704. The third kappa shape index (κ3) is 3.02. The summed E-state index contributed by atoms with van der Waals surface area (Å²) in [5.74, 6) is -0.938. The van der Waals surface area contributed by atoms with Crippen LogP contribution < -0.4 is 0 Å². The highest BCUT2D eigenvalue weighted by Gasteiger charge is 2.06. The highest BCUT2D eigenvalue weighted by Crippen LogP contribution is 1.92. The third-order valence-electron chi connectivity index (χ3n) is 1.48. The van der Waals surface area contributed by atoms with Gasteiger partial charge in [0, 0.05) is 12.4 Å². The lowest BCUT2D eigenvalue weighted by Crippen LogP contribution is -2.13. The average molecular weight is 178 g/mol. The van der Waals surface area contributed by atoms with Gasteiger partial charge in [-0.15, -0.1) is 0 Å². The Morgan fingerprint density at radius 3 is 3.00 bits per heavy atom. The number of aliphatic carboxylic acids is 1. The highest BCUT2D eigenvalue weighted by atomic mass is 16.4. The van der Waals surface area contributed by atoms with Gasteiger partial charge in [0.15, 0.2) is 0 Å². The molecule has 0 aliphatic heterocycles. The molecule has 1 rings (SSSR count). The van der Waals surface area contributed by atoms with E-state index in [-0.39, 0.29) is 0 Å². The quantitative estimate of drug-likeness (QED) is 0.701. The van der Waals surface area contributed by atoms with E-state index >= 15 is 0 Å². The zero-order chi connectivity index (χ0) is 9.68. The summed E-state index contributed by atoms with van der Waals surface area (Å²) in [6, 6.07) is 4.65. The molecule has 0 bridgehead atoms. The van der Waals surface area contributed by atoms with Crippen LogP contribution in [0.5, 0.6) is 0 Å². The minimum absolute atomic E-state index is 0.663. The van der Waals surface area contributed by atoms with Gasteiger partial charge in [-0.3, -0.25) is 9.98 Å². The van der Waals surface area contributed by atoms with E-state index in [1.807, 2.05) is 6.07 Å². The maximum Gasteiger partial charge on any atom is 0.328 e. The van der Waals surface area contributed by atoms with Gasteiger partial charge in [0.1, 0.15) is 6.04 Å². The van der Waals surface area contributed by atoms with E-state index in [1.165, 1.54) is 13.1 Å². The van der Waals surface area contributed by atoms with Gasteiger partial charge in [-0.25, -0.2) is 4.79 Å². The number of carboxylic acids is 1. The van der Waals surface area contributed by atoms with Crippen LogP contribution in [0.15, 0.2) is 29.4 Å². The maximum atomic E-state index is 10.4.